The third kappa shape index (κ3) is 3.67. The molecule has 1 saturated heterocycles. The molecule has 0 atom stereocenters. The maximum atomic E-state index is 13.4. The Morgan fingerprint density at radius 3 is 2.79 bits per heavy atom. The van der Waals surface area contributed by atoms with E-state index in [9.17, 15) is 9.18 Å². The molecule has 1 aliphatic heterocycles. The van der Waals surface area contributed by atoms with E-state index < -0.39 is 0 Å². The molecule has 0 N–H and O–H groups in total. The van der Waals surface area contributed by atoms with Gasteiger partial charge in [-0.3, -0.25) is 4.90 Å². The van der Waals surface area contributed by atoms with Crippen LogP contribution in [0.3, 0.4) is 0 Å². The summed E-state index contributed by atoms with van der Waals surface area (Å²) < 4.78 is 19.9. The van der Waals surface area contributed by atoms with Gasteiger partial charge in [-0.2, -0.15) is 4.68 Å². The number of rotatable bonds is 4. The van der Waals surface area contributed by atoms with E-state index in [0.717, 1.165) is 0 Å². The summed E-state index contributed by atoms with van der Waals surface area (Å²) in [4.78, 5) is 15.5. The number of hydrogen-bond acceptors (Lipinski definition) is 6. The molecule has 0 unspecified atom stereocenters. The van der Waals surface area contributed by atoms with Crippen molar-refractivity contribution in [3.8, 4) is 5.69 Å². The second-order valence-corrected chi connectivity index (χ2v) is 5.45. The third-order valence-corrected chi connectivity index (χ3v) is 3.85. The Labute approximate surface area is 138 Å². The lowest BCUT2D eigenvalue weighted by Crippen LogP contribution is -2.48. The van der Waals surface area contributed by atoms with Crippen molar-refractivity contribution in [1.29, 1.82) is 0 Å². The number of carbonyl (C=O) groups excluding carboxylic acids is 1. The van der Waals surface area contributed by atoms with Gasteiger partial charge < -0.3 is 9.64 Å². The van der Waals surface area contributed by atoms with Crippen molar-refractivity contribution < 1.29 is 13.9 Å². The Kier molecular flexibility index (Phi) is 4.99. The van der Waals surface area contributed by atoms with Crippen LogP contribution in [0.4, 0.5) is 9.18 Å². The number of hydrogen-bond donors (Lipinski definition) is 0. The second kappa shape index (κ2) is 7.35. The lowest BCUT2D eigenvalue weighted by Gasteiger charge is -2.33. The van der Waals surface area contributed by atoms with Crippen molar-refractivity contribution >= 4 is 6.09 Å². The van der Waals surface area contributed by atoms with Gasteiger partial charge in [0.05, 0.1) is 18.8 Å². The Hall–Kier alpha value is -2.55. The first-order valence-electron chi connectivity index (χ1n) is 7.84. The topological polar surface area (TPSA) is 76.4 Å². The minimum atomic E-state index is -0.336. The van der Waals surface area contributed by atoms with E-state index in [-0.39, 0.29) is 11.9 Å². The third-order valence-electron chi connectivity index (χ3n) is 3.85. The minimum Gasteiger partial charge on any atom is -0.450 e. The molecule has 0 aliphatic carbocycles. The molecule has 3 rings (SSSR count). The van der Waals surface area contributed by atoms with Crippen LogP contribution in [0.2, 0.25) is 0 Å². The van der Waals surface area contributed by atoms with Gasteiger partial charge in [-0.15, -0.1) is 5.10 Å². The summed E-state index contributed by atoms with van der Waals surface area (Å²) in [7, 11) is 0. The number of amides is 1. The van der Waals surface area contributed by atoms with Crippen LogP contribution in [0.25, 0.3) is 5.69 Å². The number of carbonyl (C=O) groups is 1. The van der Waals surface area contributed by atoms with Gasteiger partial charge >= 0.3 is 6.09 Å². The smallest absolute Gasteiger partial charge is 0.409 e. The highest BCUT2D eigenvalue weighted by Gasteiger charge is 2.23. The fourth-order valence-corrected chi connectivity index (χ4v) is 2.62. The zero-order valence-electron chi connectivity index (χ0n) is 13.4. The summed E-state index contributed by atoms with van der Waals surface area (Å²) in [5.74, 6) is 0.294. The minimum absolute atomic E-state index is 0.276. The van der Waals surface area contributed by atoms with Crippen LogP contribution in [0.5, 0.6) is 0 Å². The molecule has 2 heterocycles. The van der Waals surface area contributed by atoms with Crippen LogP contribution in [0, 0.1) is 5.82 Å². The van der Waals surface area contributed by atoms with Crippen LogP contribution in [0.1, 0.15) is 12.7 Å². The Balaban J connectivity index is 1.62. The molecule has 2 aromatic rings. The molecular formula is C15H19FN6O2. The molecule has 0 bridgehead atoms. The molecule has 128 valence electrons. The van der Waals surface area contributed by atoms with Crippen molar-refractivity contribution in [2.45, 2.75) is 13.5 Å². The summed E-state index contributed by atoms with van der Waals surface area (Å²) in [6.07, 6.45) is -0.276. The van der Waals surface area contributed by atoms with Crippen molar-refractivity contribution in [2.75, 3.05) is 32.8 Å². The molecule has 1 aromatic heterocycles. The van der Waals surface area contributed by atoms with Gasteiger partial charge in [-0.25, -0.2) is 9.18 Å². The lowest BCUT2D eigenvalue weighted by molar-refractivity contribution is 0.0770. The van der Waals surface area contributed by atoms with E-state index in [1.807, 2.05) is 0 Å². The lowest BCUT2D eigenvalue weighted by atomic mass is 10.3. The molecule has 8 nitrogen and oxygen atoms in total. The standard InChI is InChI=1S/C15H19FN6O2/c1-2-24-15(23)21-8-6-20(7-9-21)11-14-17-18-19-22(14)13-5-3-4-12(16)10-13/h3-5,10H,2,6-9,11H2,1H3. The number of ether oxygens (including phenoxy) is 1. The Morgan fingerprint density at radius 2 is 2.08 bits per heavy atom. The molecule has 1 aliphatic rings. The predicted molar refractivity (Wildman–Crippen MR) is 83.0 cm³/mol. The van der Waals surface area contributed by atoms with Crippen LogP contribution in [0.15, 0.2) is 24.3 Å². The molecule has 0 saturated carbocycles. The molecule has 1 aromatic carbocycles. The average Bonchev–Trinajstić information content (AvgIpc) is 3.04. The van der Waals surface area contributed by atoms with Gasteiger partial charge in [0, 0.05) is 26.2 Å². The summed E-state index contributed by atoms with van der Waals surface area (Å²) >= 11 is 0. The van der Waals surface area contributed by atoms with E-state index in [2.05, 4.69) is 20.4 Å². The van der Waals surface area contributed by atoms with Gasteiger partial charge in [-0.1, -0.05) is 6.07 Å². The van der Waals surface area contributed by atoms with Crippen LogP contribution in [-0.4, -0.2) is 68.9 Å². The highest BCUT2D eigenvalue weighted by Crippen LogP contribution is 2.12. The highest BCUT2D eigenvalue weighted by atomic mass is 19.1. The van der Waals surface area contributed by atoms with E-state index in [4.69, 9.17) is 4.74 Å². The largest absolute Gasteiger partial charge is 0.450 e. The molecule has 9 heteroatoms. The first-order chi connectivity index (χ1) is 11.7. The molecule has 0 spiro atoms. The quantitative estimate of drug-likeness (QED) is 0.833. The number of aromatic nitrogens is 4. The summed E-state index contributed by atoms with van der Waals surface area (Å²) in [5, 5.41) is 11.7. The number of benzene rings is 1. The monoisotopic (exact) mass is 334 g/mol. The summed E-state index contributed by atoms with van der Waals surface area (Å²) in [5.41, 5.74) is 0.583. The normalized spacial score (nSPS) is 15.5. The Morgan fingerprint density at radius 1 is 1.29 bits per heavy atom. The summed E-state index contributed by atoms with van der Waals surface area (Å²) in [6, 6.07) is 6.14. The number of tetrazole rings is 1. The molecule has 1 amide bonds. The SMILES string of the molecule is CCOC(=O)N1CCN(Cc2nnnn2-c2cccc(F)c2)CC1. The van der Waals surface area contributed by atoms with Gasteiger partial charge in [0.1, 0.15) is 5.82 Å². The molecule has 24 heavy (non-hydrogen) atoms. The van der Waals surface area contributed by atoms with E-state index in [0.29, 0.717) is 50.8 Å². The van der Waals surface area contributed by atoms with Crippen LogP contribution in [-0.2, 0) is 11.3 Å². The molecular weight excluding hydrogens is 315 g/mol. The highest BCUT2D eigenvalue weighted by molar-refractivity contribution is 5.67. The van der Waals surface area contributed by atoms with Gasteiger partial charge in [-0.05, 0) is 35.5 Å². The van der Waals surface area contributed by atoms with Gasteiger partial charge in [0.25, 0.3) is 0 Å². The maximum absolute atomic E-state index is 13.4. The zero-order chi connectivity index (χ0) is 16.9. The van der Waals surface area contributed by atoms with Crippen molar-refractivity contribution in [3.05, 3.63) is 35.9 Å². The predicted octanol–water partition coefficient (Wildman–Crippen LogP) is 1.08. The Bertz CT molecular complexity index is 699. The zero-order valence-corrected chi connectivity index (χ0v) is 13.4. The number of nitrogens with zero attached hydrogens (tertiary/aromatic N) is 6. The first kappa shape index (κ1) is 16.3. The van der Waals surface area contributed by atoms with E-state index in [1.54, 1.807) is 24.0 Å². The molecule has 1 fully saturated rings. The summed E-state index contributed by atoms with van der Waals surface area (Å²) in [6.45, 7) is 5.30. The van der Waals surface area contributed by atoms with Crippen molar-refractivity contribution in [3.63, 3.8) is 0 Å². The fraction of sp³-hybridized carbons (Fsp3) is 0.467. The van der Waals surface area contributed by atoms with E-state index in [1.165, 1.54) is 16.8 Å². The molecule has 0 radical (unpaired) electrons. The van der Waals surface area contributed by atoms with E-state index >= 15 is 0 Å². The number of halogens is 1. The van der Waals surface area contributed by atoms with Crippen molar-refractivity contribution in [1.82, 2.24) is 30.0 Å². The van der Waals surface area contributed by atoms with Crippen molar-refractivity contribution in [2.24, 2.45) is 0 Å². The fourth-order valence-electron chi connectivity index (χ4n) is 2.62. The first-order valence-corrected chi connectivity index (χ1v) is 7.84. The number of piperazine rings is 1. The average molecular weight is 334 g/mol. The van der Waals surface area contributed by atoms with Gasteiger partial charge in [0.2, 0.25) is 0 Å². The maximum Gasteiger partial charge on any atom is 0.409 e. The van der Waals surface area contributed by atoms with Gasteiger partial charge in [0.15, 0.2) is 5.82 Å². The van der Waals surface area contributed by atoms with Crippen LogP contribution < -0.4 is 0 Å². The van der Waals surface area contributed by atoms with Crippen LogP contribution >= 0.6 is 0 Å². The second-order valence-electron chi connectivity index (χ2n) is 5.45.